The van der Waals surface area contributed by atoms with Crippen LogP contribution in [0.4, 0.5) is 0 Å². The summed E-state index contributed by atoms with van der Waals surface area (Å²) in [5.74, 6) is 1.20. The molecule has 2 aromatic rings. The Morgan fingerprint density at radius 2 is 2.21 bits per heavy atom. The lowest BCUT2D eigenvalue weighted by molar-refractivity contribution is 0.139. The number of halogens is 1. The van der Waals surface area contributed by atoms with Gasteiger partial charge in [0.2, 0.25) is 5.88 Å². The Morgan fingerprint density at radius 1 is 1.42 bits per heavy atom. The lowest BCUT2D eigenvalue weighted by Crippen LogP contribution is -2.10. The van der Waals surface area contributed by atoms with Gasteiger partial charge in [-0.3, -0.25) is 0 Å². The molecule has 104 valence electrons. The minimum Gasteiger partial charge on any atom is -0.479 e. The highest BCUT2D eigenvalue weighted by Crippen LogP contribution is 2.27. The van der Waals surface area contributed by atoms with Gasteiger partial charge in [-0.1, -0.05) is 0 Å². The summed E-state index contributed by atoms with van der Waals surface area (Å²) in [5.41, 5.74) is 1.35. The molecule has 0 aliphatic carbocycles. The van der Waals surface area contributed by atoms with Gasteiger partial charge in [0.1, 0.15) is 12.2 Å². The Hall–Kier alpha value is -1.40. The Morgan fingerprint density at radius 3 is 2.84 bits per heavy atom. The summed E-state index contributed by atoms with van der Waals surface area (Å²) in [6.07, 6.45) is 1.46. The monoisotopic (exact) mass is 284 g/mol. The number of rotatable bonds is 6. The van der Waals surface area contributed by atoms with Crippen molar-refractivity contribution >= 4 is 22.8 Å². The van der Waals surface area contributed by atoms with E-state index < -0.39 is 0 Å². The molecule has 0 amide bonds. The van der Waals surface area contributed by atoms with Gasteiger partial charge in [-0.15, -0.1) is 11.6 Å². The van der Waals surface area contributed by atoms with Crippen molar-refractivity contribution in [2.45, 2.75) is 25.8 Å². The highest BCUT2D eigenvalue weighted by molar-refractivity contribution is 6.20. The van der Waals surface area contributed by atoms with E-state index in [-0.39, 0.29) is 5.38 Å². The summed E-state index contributed by atoms with van der Waals surface area (Å²) >= 11 is 6.17. The fourth-order valence-electron chi connectivity index (χ4n) is 1.91. The fraction of sp³-hybridized carbons (Fsp3) is 0.583. The zero-order valence-corrected chi connectivity index (χ0v) is 12.0. The minimum absolute atomic E-state index is 0.222. The zero-order chi connectivity index (χ0) is 13.8. The molecule has 0 radical (unpaired) electrons. The van der Waals surface area contributed by atoms with Gasteiger partial charge in [0.05, 0.1) is 19.1 Å². The van der Waals surface area contributed by atoms with Crippen molar-refractivity contribution in [3.63, 3.8) is 0 Å². The van der Waals surface area contributed by atoms with Crippen molar-refractivity contribution in [1.29, 1.82) is 0 Å². The number of aromatic nitrogens is 4. The van der Waals surface area contributed by atoms with Crippen molar-refractivity contribution in [3.8, 4) is 5.88 Å². The predicted molar refractivity (Wildman–Crippen MR) is 72.6 cm³/mol. The van der Waals surface area contributed by atoms with Crippen LogP contribution >= 0.6 is 11.6 Å². The zero-order valence-electron chi connectivity index (χ0n) is 11.3. The maximum Gasteiger partial charge on any atom is 0.245 e. The second-order valence-electron chi connectivity index (χ2n) is 3.99. The number of nitrogens with zero attached hydrogens (tertiary/aromatic N) is 4. The summed E-state index contributed by atoms with van der Waals surface area (Å²) in [5, 5.41) is -0.222. The predicted octanol–water partition coefficient (Wildman–Crippen LogP) is 2.17. The van der Waals surface area contributed by atoms with Gasteiger partial charge >= 0.3 is 0 Å². The highest BCUT2D eigenvalue weighted by atomic mass is 35.5. The van der Waals surface area contributed by atoms with E-state index in [0.29, 0.717) is 36.8 Å². The van der Waals surface area contributed by atoms with Gasteiger partial charge in [-0.25, -0.2) is 9.97 Å². The Labute approximate surface area is 116 Å². The lowest BCUT2D eigenvalue weighted by Gasteiger charge is -2.09. The second-order valence-corrected chi connectivity index (χ2v) is 4.64. The third kappa shape index (κ3) is 2.79. The average Bonchev–Trinajstić information content (AvgIpc) is 2.78. The summed E-state index contributed by atoms with van der Waals surface area (Å²) < 4.78 is 12.5. The lowest BCUT2D eigenvalue weighted by atomic mass is 10.4. The first-order chi connectivity index (χ1) is 9.19. The number of fused-ring (bicyclic) bond motifs is 1. The van der Waals surface area contributed by atoms with E-state index >= 15 is 0 Å². The van der Waals surface area contributed by atoms with Crippen LogP contribution in [0.25, 0.3) is 11.2 Å². The van der Waals surface area contributed by atoms with Crippen LogP contribution in [0.1, 0.15) is 25.0 Å². The molecule has 2 heterocycles. The molecule has 0 N–H and O–H groups in total. The van der Waals surface area contributed by atoms with Gasteiger partial charge in [-0.05, 0) is 13.8 Å². The van der Waals surface area contributed by atoms with E-state index in [1.807, 2.05) is 18.4 Å². The van der Waals surface area contributed by atoms with Crippen molar-refractivity contribution in [2.24, 2.45) is 0 Å². The van der Waals surface area contributed by atoms with E-state index in [9.17, 15) is 0 Å². The number of hydrogen-bond acceptors (Lipinski definition) is 5. The quantitative estimate of drug-likeness (QED) is 0.601. The highest BCUT2D eigenvalue weighted by Gasteiger charge is 2.18. The summed E-state index contributed by atoms with van der Waals surface area (Å²) in [4.78, 5) is 12.8. The smallest absolute Gasteiger partial charge is 0.245 e. The standard InChI is InChI=1S/C12H17ClN4O2/c1-4-19-6-5-17-10(8(2)13)16-9-11(17)14-7-15-12(9)18-3/h7-8H,4-6H2,1-3H3. The molecule has 19 heavy (non-hydrogen) atoms. The van der Waals surface area contributed by atoms with Crippen LogP contribution in [0.3, 0.4) is 0 Å². The molecular weight excluding hydrogens is 268 g/mol. The first-order valence-corrected chi connectivity index (χ1v) is 6.59. The van der Waals surface area contributed by atoms with Gasteiger partial charge in [0.25, 0.3) is 0 Å². The third-order valence-corrected chi connectivity index (χ3v) is 2.94. The molecule has 0 saturated heterocycles. The fourth-order valence-corrected chi connectivity index (χ4v) is 2.07. The van der Waals surface area contributed by atoms with E-state index in [1.165, 1.54) is 6.33 Å². The molecule has 0 fully saturated rings. The van der Waals surface area contributed by atoms with E-state index in [0.717, 1.165) is 5.82 Å². The SMILES string of the molecule is CCOCCn1c(C(C)Cl)nc2c(OC)ncnc21. The van der Waals surface area contributed by atoms with Gasteiger partial charge < -0.3 is 14.0 Å². The van der Waals surface area contributed by atoms with Crippen molar-refractivity contribution in [2.75, 3.05) is 20.3 Å². The number of alkyl halides is 1. The molecule has 0 saturated carbocycles. The van der Waals surface area contributed by atoms with E-state index in [4.69, 9.17) is 21.1 Å². The Balaban J connectivity index is 2.48. The van der Waals surface area contributed by atoms with Crippen LogP contribution < -0.4 is 4.74 Å². The molecule has 1 atom stereocenters. The van der Waals surface area contributed by atoms with Crippen LogP contribution in [-0.4, -0.2) is 39.8 Å². The first-order valence-electron chi connectivity index (χ1n) is 6.16. The summed E-state index contributed by atoms with van der Waals surface area (Å²) in [7, 11) is 1.56. The number of ether oxygens (including phenoxy) is 2. The maximum absolute atomic E-state index is 6.17. The van der Waals surface area contributed by atoms with Crippen LogP contribution in [0.5, 0.6) is 5.88 Å². The topological polar surface area (TPSA) is 62.1 Å². The van der Waals surface area contributed by atoms with E-state index in [2.05, 4.69) is 15.0 Å². The average molecular weight is 285 g/mol. The molecule has 7 heteroatoms. The molecule has 0 bridgehead atoms. The Kier molecular flexibility index (Phi) is 4.55. The normalized spacial score (nSPS) is 12.8. The molecular formula is C12H17ClN4O2. The molecule has 0 aromatic carbocycles. The number of hydrogen-bond donors (Lipinski definition) is 0. The number of imidazole rings is 1. The van der Waals surface area contributed by atoms with Gasteiger partial charge in [-0.2, -0.15) is 4.98 Å². The minimum atomic E-state index is -0.222. The number of methoxy groups -OCH3 is 1. The summed E-state index contributed by atoms with van der Waals surface area (Å²) in [6, 6.07) is 0. The molecule has 6 nitrogen and oxygen atoms in total. The van der Waals surface area contributed by atoms with Crippen molar-refractivity contribution < 1.29 is 9.47 Å². The largest absolute Gasteiger partial charge is 0.479 e. The maximum atomic E-state index is 6.17. The third-order valence-electron chi connectivity index (χ3n) is 2.74. The first kappa shape index (κ1) is 14.0. The molecule has 0 spiro atoms. The molecule has 1 unspecified atom stereocenters. The van der Waals surface area contributed by atoms with Crippen LogP contribution in [0.15, 0.2) is 6.33 Å². The van der Waals surface area contributed by atoms with Gasteiger partial charge in [0.15, 0.2) is 11.2 Å². The van der Waals surface area contributed by atoms with Crippen molar-refractivity contribution in [1.82, 2.24) is 19.5 Å². The van der Waals surface area contributed by atoms with Gasteiger partial charge in [0, 0.05) is 13.2 Å². The Bertz CT molecular complexity index is 556. The van der Waals surface area contributed by atoms with E-state index in [1.54, 1.807) is 7.11 Å². The molecule has 2 rings (SSSR count). The molecule has 0 aliphatic heterocycles. The molecule has 2 aromatic heterocycles. The van der Waals surface area contributed by atoms with Crippen LogP contribution in [0.2, 0.25) is 0 Å². The molecule has 0 aliphatic rings. The van der Waals surface area contributed by atoms with Crippen LogP contribution in [-0.2, 0) is 11.3 Å². The van der Waals surface area contributed by atoms with Crippen LogP contribution in [0, 0.1) is 0 Å². The van der Waals surface area contributed by atoms with Crippen molar-refractivity contribution in [3.05, 3.63) is 12.2 Å². The second kappa shape index (κ2) is 6.16. The summed E-state index contributed by atoms with van der Waals surface area (Å²) in [6.45, 7) is 5.75.